The average molecular weight is 327 g/mol. The van der Waals surface area contributed by atoms with Crippen LogP contribution in [0.1, 0.15) is 17.1 Å². The number of nitrogens with one attached hydrogen (secondary N) is 1. The highest BCUT2D eigenvalue weighted by Crippen LogP contribution is 2.26. The predicted octanol–water partition coefficient (Wildman–Crippen LogP) is 3.27. The van der Waals surface area contributed by atoms with Gasteiger partial charge in [-0.15, -0.1) is 5.10 Å². The van der Waals surface area contributed by atoms with Crippen LogP contribution in [0.25, 0.3) is 11.5 Å². The van der Waals surface area contributed by atoms with Crippen LogP contribution in [0, 0.1) is 20.8 Å². The van der Waals surface area contributed by atoms with Crippen LogP contribution in [0.5, 0.6) is 5.75 Å². The van der Waals surface area contributed by atoms with Crippen LogP contribution in [0.4, 0.5) is 6.01 Å². The molecular weight excluding hydrogens is 310 g/mol. The summed E-state index contributed by atoms with van der Waals surface area (Å²) < 4.78 is 16.3. The first-order valence-electron chi connectivity index (χ1n) is 7.42. The number of hydrogen-bond acceptors (Lipinski definition) is 6. The lowest BCUT2D eigenvalue weighted by Crippen LogP contribution is -2.20. The van der Waals surface area contributed by atoms with Crippen LogP contribution in [0.15, 0.2) is 39.2 Å². The Morgan fingerprint density at radius 2 is 1.96 bits per heavy atom. The van der Waals surface area contributed by atoms with E-state index in [1.165, 1.54) is 0 Å². The summed E-state index contributed by atoms with van der Waals surface area (Å²) >= 11 is 0. The van der Waals surface area contributed by atoms with Crippen LogP contribution in [-0.4, -0.2) is 22.7 Å². The van der Waals surface area contributed by atoms with Crippen molar-refractivity contribution in [3.8, 4) is 17.2 Å². The third-order valence-electron chi connectivity index (χ3n) is 3.40. The number of amides is 1. The fourth-order valence-corrected chi connectivity index (χ4v) is 2.24. The van der Waals surface area contributed by atoms with E-state index in [2.05, 4.69) is 15.5 Å². The van der Waals surface area contributed by atoms with Gasteiger partial charge in [0.05, 0.1) is 5.56 Å². The maximum absolute atomic E-state index is 11.9. The second-order valence-electron chi connectivity index (χ2n) is 5.34. The molecular formula is C17H17N3O4. The number of carbonyl (C=O) groups is 1. The van der Waals surface area contributed by atoms with Crippen molar-refractivity contribution in [1.82, 2.24) is 10.2 Å². The molecule has 0 fully saturated rings. The standard InChI is InChI=1S/C17H17N3O4/c1-10-6-4-5-7-14(10)22-9-15(21)18-17-20-19-16(24-17)13-8-11(2)23-12(13)3/h4-8H,9H2,1-3H3,(H,18,20,21). The van der Waals surface area contributed by atoms with Gasteiger partial charge < -0.3 is 13.6 Å². The summed E-state index contributed by atoms with van der Waals surface area (Å²) in [5.41, 5.74) is 1.66. The molecule has 24 heavy (non-hydrogen) atoms. The van der Waals surface area contributed by atoms with Crippen LogP contribution in [0.3, 0.4) is 0 Å². The third-order valence-corrected chi connectivity index (χ3v) is 3.40. The highest BCUT2D eigenvalue weighted by atomic mass is 16.5. The van der Waals surface area contributed by atoms with Gasteiger partial charge in [-0.2, -0.15) is 0 Å². The number of ether oxygens (including phenoxy) is 1. The number of furan rings is 1. The minimum atomic E-state index is -0.381. The smallest absolute Gasteiger partial charge is 0.322 e. The molecule has 7 heteroatoms. The van der Waals surface area contributed by atoms with E-state index >= 15 is 0 Å². The van der Waals surface area contributed by atoms with Crippen LogP contribution in [0.2, 0.25) is 0 Å². The molecule has 3 aromatic rings. The van der Waals surface area contributed by atoms with E-state index in [1.54, 1.807) is 19.1 Å². The number of carbonyl (C=O) groups excluding carboxylic acids is 1. The Morgan fingerprint density at radius 3 is 2.67 bits per heavy atom. The largest absolute Gasteiger partial charge is 0.483 e. The molecule has 1 amide bonds. The van der Waals surface area contributed by atoms with E-state index in [1.807, 2.05) is 32.0 Å². The number of aryl methyl sites for hydroxylation is 3. The Balaban J connectivity index is 1.61. The summed E-state index contributed by atoms with van der Waals surface area (Å²) in [4.78, 5) is 11.9. The van der Waals surface area contributed by atoms with Gasteiger partial charge in [-0.25, -0.2) is 0 Å². The van der Waals surface area contributed by atoms with E-state index < -0.39 is 0 Å². The molecule has 124 valence electrons. The average Bonchev–Trinajstić information content (AvgIpc) is 3.12. The molecule has 0 aliphatic rings. The zero-order chi connectivity index (χ0) is 17.1. The van der Waals surface area contributed by atoms with Crippen molar-refractivity contribution in [2.24, 2.45) is 0 Å². The fraction of sp³-hybridized carbons (Fsp3) is 0.235. The first-order valence-corrected chi connectivity index (χ1v) is 7.42. The molecule has 0 aliphatic heterocycles. The highest BCUT2D eigenvalue weighted by molar-refractivity contribution is 5.89. The highest BCUT2D eigenvalue weighted by Gasteiger charge is 2.16. The number of anilines is 1. The lowest BCUT2D eigenvalue weighted by molar-refractivity contribution is -0.118. The van der Waals surface area contributed by atoms with Crippen molar-refractivity contribution < 1.29 is 18.4 Å². The second kappa shape index (κ2) is 6.57. The van der Waals surface area contributed by atoms with Gasteiger partial charge in [-0.3, -0.25) is 10.1 Å². The number of hydrogen-bond donors (Lipinski definition) is 1. The molecule has 0 aliphatic carbocycles. The molecule has 0 unspecified atom stereocenters. The zero-order valence-corrected chi connectivity index (χ0v) is 13.6. The van der Waals surface area contributed by atoms with E-state index in [4.69, 9.17) is 13.6 Å². The van der Waals surface area contributed by atoms with Crippen LogP contribution >= 0.6 is 0 Å². The SMILES string of the molecule is Cc1cc(-c2nnc(NC(=O)COc3ccccc3C)o2)c(C)o1. The van der Waals surface area contributed by atoms with Gasteiger partial charge in [0.1, 0.15) is 17.3 Å². The van der Waals surface area contributed by atoms with Gasteiger partial charge in [0.15, 0.2) is 6.61 Å². The Labute approximate surface area is 138 Å². The van der Waals surface area contributed by atoms with Crippen molar-refractivity contribution in [2.45, 2.75) is 20.8 Å². The van der Waals surface area contributed by atoms with Gasteiger partial charge >= 0.3 is 6.01 Å². The molecule has 3 rings (SSSR count). The Hall–Kier alpha value is -3.09. The fourth-order valence-electron chi connectivity index (χ4n) is 2.24. The van der Waals surface area contributed by atoms with Crippen molar-refractivity contribution in [1.29, 1.82) is 0 Å². The normalized spacial score (nSPS) is 10.6. The van der Waals surface area contributed by atoms with Gasteiger partial charge in [0.2, 0.25) is 0 Å². The Bertz CT molecular complexity index is 866. The molecule has 0 atom stereocenters. The number of benzene rings is 1. The topological polar surface area (TPSA) is 90.4 Å². The van der Waals surface area contributed by atoms with Crippen molar-refractivity contribution in [2.75, 3.05) is 11.9 Å². The Kier molecular flexibility index (Phi) is 4.33. The molecule has 1 aromatic carbocycles. The van der Waals surface area contributed by atoms with E-state index in [0.717, 1.165) is 11.3 Å². The molecule has 1 N–H and O–H groups in total. The first-order chi connectivity index (χ1) is 11.5. The molecule has 7 nitrogen and oxygen atoms in total. The van der Waals surface area contributed by atoms with E-state index in [-0.39, 0.29) is 18.5 Å². The van der Waals surface area contributed by atoms with E-state index in [9.17, 15) is 4.79 Å². The third kappa shape index (κ3) is 3.45. The van der Waals surface area contributed by atoms with Crippen LogP contribution < -0.4 is 10.1 Å². The number of para-hydroxylation sites is 1. The summed E-state index contributed by atoms with van der Waals surface area (Å²) in [6.07, 6.45) is 0. The van der Waals surface area contributed by atoms with Gasteiger partial charge in [-0.05, 0) is 38.5 Å². The van der Waals surface area contributed by atoms with Gasteiger partial charge in [-0.1, -0.05) is 23.3 Å². The summed E-state index contributed by atoms with van der Waals surface area (Å²) in [7, 11) is 0. The number of aromatic nitrogens is 2. The zero-order valence-electron chi connectivity index (χ0n) is 13.6. The van der Waals surface area contributed by atoms with Crippen molar-refractivity contribution >= 4 is 11.9 Å². The van der Waals surface area contributed by atoms with Crippen molar-refractivity contribution in [3.63, 3.8) is 0 Å². The summed E-state index contributed by atoms with van der Waals surface area (Å²) in [5, 5.41) is 10.2. The number of nitrogens with zero attached hydrogens (tertiary/aromatic N) is 2. The molecule has 0 bridgehead atoms. The number of rotatable bonds is 5. The second-order valence-corrected chi connectivity index (χ2v) is 5.34. The predicted molar refractivity (Wildman–Crippen MR) is 86.8 cm³/mol. The summed E-state index contributed by atoms with van der Waals surface area (Å²) in [6.45, 7) is 5.40. The quantitative estimate of drug-likeness (QED) is 0.773. The first kappa shape index (κ1) is 15.8. The van der Waals surface area contributed by atoms with Crippen molar-refractivity contribution in [3.05, 3.63) is 47.4 Å². The van der Waals surface area contributed by atoms with Gasteiger partial charge in [0.25, 0.3) is 11.8 Å². The molecule has 0 spiro atoms. The molecule has 0 saturated heterocycles. The lowest BCUT2D eigenvalue weighted by atomic mass is 10.2. The minimum absolute atomic E-state index is 0.0154. The summed E-state index contributed by atoms with van der Waals surface area (Å²) in [5.74, 6) is 1.99. The molecule has 2 heterocycles. The monoisotopic (exact) mass is 327 g/mol. The molecule has 0 radical (unpaired) electrons. The summed E-state index contributed by atoms with van der Waals surface area (Å²) in [6, 6.07) is 9.28. The van der Waals surface area contributed by atoms with Gasteiger partial charge in [0, 0.05) is 0 Å². The maximum Gasteiger partial charge on any atom is 0.322 e. The van der Waals surface area contributed by atoms with Crippen LogP contribution in [-0.2, 0) is 4.79 Å². The molecule has 2 aromatic heterocycles. The Morgan fingerprint density at radius 1 is 1.17 bits per heavy atom. The molecule has 0 saturated carbocycles. The van der Waals surface area contributed by atoms with E-state index in [0.29, 0.717) is 23.0 Å². The minimum Gasteiger partial charge on any atom is -0.483 e. The maximum atomic E-state index is 11.9. The lowest BCUT2D eigenvalue weighted by Gasteiger charge is -2.07.